The summed E-state index contributed by atoms with van der Waals surface area (Å²) in [6.45, 7) is 3.40. The highest BCUT2D eigenvalue weighted by Crippen LogP contribution is 2.20. The van der Waals surface area contributed by atoms with Gasteiger partial charge in [0.05, 0.1) is 0 Å². The van der Waals surface area contributed by atoms with E-state index in [-0.39, 0.29) is 11.8 Å². The first-order valence-electron chi connectivity index (χ1n) is 8.87. The summed E-state index contributed by atoms with van der Waals surface area (Å²) in [6.07, 6.45) is 5.83. The summed E-state index contributed by atoms with van der Waals surface area (Å²) < 4.78 is 0. The molecule has 1 aliphatic heterocycles. The fourth-order valence-corrected chi connectivity index (χ4v) is 3.18. The van der Waals surface area contributed by atoms with Crippen molar-refractivity contribution in [2.75, 3.05) is 18.4 Å². The second kappa shape index (κ2) is 8.32. The van der Waals surface area contributed by atoms with E-state index in [9.17, 15) is 9.59 Å². The Morgan fingerprint density at radius 3 is 2.50 bits per heavy atom. The number of likely N-dealkylation sites (tertiary alicyclic amines) is 1. The average molecular weight is 372 g/mol. The number of hydrogen-bond acceptors (Lipinski definition) is 3. The van der Waals surface area contributed by atoms with E-state index in [2.05, 4.69) is 10.3 Å². The number of hydrogen-bond donors (Lipinski definition) is 1. The molecule has 0 radical (unpaired) electrons. The van der Waals surface area contributed by atoms with Gasteiger partial charge in [-0.25, -0.2) is 0 Å². The number of nitrogens with one attached hydrogen (secondary N) is 1. The zero-order valence-electron chi connectivity index (χ0n) is 14.8. The zero-order valence-corrected chi connectivity index (χ0v) is 15.6. The Kier molecular flexibility index (Phi) is 5.89. The molecule has 1 saturated heterocycles. The van der Waals surface area contributed by atoms with Crippen LogP contribution in [0.4, 0.5) is 5.69 Å². The van der Waals surface area contributed by atoms with Gasteiger partial charge in [0.2, 0.25) is 0 Å². The monoisotopic (exact) mass is 371 g/mol. The molecule has 6 heteroatoms. The molecule has 0 aliphatic carbocycles. The van der Waals surface area contributed by atoms with Crippen molar-refractivity contribution in [3.8, 4) is 0 Å². The number of halogens is 1. The number of rotatable bonds is 3. The van der Waals surface area contributed by atoms with Crippen molar-refractivity contribution >= 4 is 29.1 Å². The third kappa shape index (κ3) is 4.41. The molecule has 1 fully saturated rings. The Bertz CT molecular complexity index is 814. The van der Waals surface area contributed by atoms with Gasteiger partial charge in [-0.05, 0) is 49.6 Å². The third-order valence-electron chi connectivity index (χ3n) is 4.56. The molecule has 136 valence electrons. The fraction of sp³-hybridized carbons (Fsp3) is 0.350. The maximum atomic E-state index is 12.7. The van der Waals surface area contributed by atoms with Crippen LogP contribution in [-0.2, 0) is 0 Å². The van der Waals surface area contributed by atoms with Crippen LogP contribution in [0.1, 0.15) is 52.1 Å². The topological polar surface area (TPSA) is 62.3 Å². The number of aryl methyl sites for hydroxylation is 1. The molecule has 1 aromatic heterocycles. The van der Waals surface area contributed by atoms with E-state index in [1.54, 1.807) is 24.3 Å². The molecule has 1 aliphatic rings. The van der Waals surface area contributed by atoms with Crippen LogP contribution in [0.25, 0.3) is 0 Å². The molecule has 2 heterocycles. The van der Waals surface area contributed by atoms with Crippen molar-refractivity contribution in [2.24, 2.45) is 0 Å². The number of anilines is 1. The number of benzene rings is 1. The normalized spacial score (nSPS) is 14.6. The molecule has 0 bridgehead atoms. The van der Waals surface area contributed by atoms with Crippen molar-refractivity contribution in [2.45, 2.75) is 32.6 Å². The van der Waals surface area contributed by atoms with Crippen molar-refractivity contribution in [1.82, 2.24) is 9.88 Å². The maximum absolute atomic E-state index is 12.7. The van der Waals surface area contributed by atoms with Crippen LogP contribution in [-0.4, -0.2) is 34.8 Å². The Labute approximate surface area is 158 Å². The van der Waals surface area contributed by atoms with E-state index in [0.29, 0.717) is 22.0 Å². The van der Waals surface area contributed by atoms with Crippen LogP contribution in [0.5, 0.6) is 0 Å². The van der Waals surface area contributed by atoms with E-state index >= 15 is 0 Å². The molecule has 0 unspecified atom stereocenters. The number of aromatic nitrogens is 1. The first-order chi connectivity index (χ1) is 12.5. The Morgan fingerprint density at radius 2 is 1.81 bits per heavy atom. The van der Waals surface area contributed by atoms with Gasteiger partial charge in [-0.15, -0.1) is 0 Å². The van der Waals surface area contributed by atoms with Crippen LogP contribution < -0.4 is 5.32 Å². The number of nitrogens with zero attached hydrogens (tertiary/aromatic N) is 2. The summed E-state index contributed by atoms with van der Waals surface area (Å²) in [4.78, 5) is 31.2. The van der Waals surface area contributed by atoms with Crippen molar-refractivity contribution < 1.29 is 9.59 Å². The first-order valence-corrected chi connectivity index (χ1v) is 9.25. The molecule has 2 amide bonds. The Hall–Kier alpha value is -2.40. The summed E-state index contributed by atoms with van der Waals surface area (Å²) in [5, 5.41) is 3.40. The highest BCUT2D eigenvalue weighted by molar-refractivity contribution is 6.31. The van der Waals surface area contributed by atoms with E-state index in [4.69, 9.17) is 11.6 Å². The third-order valence-corrected chi connectivity index (χ3v) is 4.97. The van der Waals surface area contributed by atoms with Crippen molar-refractivity contribution in [1.29, 1.82) is 0 Å². The van der Waals surface area contributed by atoms with E-state index in [1.807, 2.05) is 17.9 Å². The van der Waals surface area contributed by atoms with Gasteiger partial charge in [0, 0.05) is 35.6 Å². The highest BCUT2D eigenvalue weighted by Gasteiger charge is 2.19. The van der Waals surface area contributed by atoms with Gasteiger partial charge in [-0.2, -0.15) is 0 Å². The second-order valence-electron chi connectivity index (χ2n) is 6.55. The van der Waals surface area contributed by atoms with Crippen LogP contribution in [0.15, 0.2) is 36.5 Å². The summed E-state index contributed by atoms with van der Waals surface area (Å²) >= 11 is 6.10. The Balaban J connectivity index is 1.74. The van der Waals surface area contributed by atoms with Gasteiger partial charge in [-0.3, -0.25) is 14.6 Å². The van der Waals surface area contributed by atoms with E-state index in [1.165, 1.54) is 6.20 Å². The molecule has 1 N–H and O–H groups in total. The van der Waals surface area contributed by atoms with Gasteiger partial charge >= 0.3 is 0 Å². The summed E-state index contributed by atoms with van der Waals surface area (Å²) in [7, 11) is 0. The Morgan fingerprint density at radius 1 is 1.08 bits per heavy atom. The smallest absolute Gasteiger partial charge is 0.272 e. The summed E-state index contributed by atoms with van der Waals surface area (Å²) in [5.41, 5.74) is 2.26. The largest absolute Gasteiger partial charge is 0.337 e. The van der Waals surface area contributed by atoms with Crippen LogP contribution in [0.3, 0.4) is 0 Å². The molecule has 2 aromatic rings. The second-order valence-corrected chi connectivity index (χ2v) is 6.96. The van der Waals surface area contributed by atoms with Crippen molar-refractivity contribution in [3.05, 3.63) is 58.4 Å². The highest BCUT2D eigenvalue weighted by atomic mass is 35.5. The van der Waals surface area contributed by atoms with Crippen LogP contribution in [0.2, 0.25) is 5.02 Å². The molecular weight excluding hydrogens is 350 g/mol. The quantitative estimate of drug-likeness (QED) is 0.874. The molecule has 5 nitrogen and oxygen atoms in total. The molecule has 26 heavy (non-hydrogen) atoms. The molecule has 1 aromatic carbocycles. The number of amides is 2. The predicted molar refractivity (Wildman–Crippen MR) is 103 cm³/mol. The average Bonchev–Trinajstić information content (AvgIpc) is 2.93. The minimum absolute atomic E-state index is 0.111. The molecule has 3 rings (SSSR count). The SMILES string of the molecule is Cc1ccc(NC(=O)c2ccnc(C(=O)N3CCCCCC3)c2)cc1Cl. The fourth-order valence-electron chi connectivity index (χ4n) is 3.00. The van der Waals surface area contributed by atoms with Gasteiger partial charge in [-0.1, -0.05) is 30.5 Å². The lowest BCUT2D eigenvalue weighted by Gasteiger charge is -2.19. The minimum atomic E-state index is -0.294. The molecule has 0 saturated carbocycles. The lowest BCUT2D eigenvalue weighted by molar-refractivity contribution is 0.0755. The maximum Gasteiger partial charge on any atom is 0.272 e. The van der Waals surface area contributed by atoms with Gasteiger partial charge < -0.3 is 10.2 Å². The molecule has 0 spiro atoms. The van der Waals surface area contributed by atoms with Crippen molar-refractivity contribution in [3.63, 3.8) is 0 Å². The van der Waals surface area contributed by atoms with Crippen LogP contribution in [0, 0.1) is 6.92 Å². The number of pyridine rings is 1. The number of carbonyl (C=O) groups excluding carboxylic acids is 2. The molecule has 0 atom stereocenters. The van der Waals surface area contributed by atoms with E-state index < -0.39 is 0 Å². The summed E-state index contributed by atoms with van der Waals surface area (Å²) in [5.74, 6) is -0.405. The standard InChI is InChI=1S/C20H22ClN3O2/c1-14-6-7-16(13-17(14)21)23-19(25)15-8-9-22-18(12-15)20(26)24-10-4-2-3-5-11-24/h6-9,12-13H,2-5,10-11H2,1H3,(H,23,25). The number of carbonyl (C=O) groups is 2. The zero-order chi connectivity index (χ0) is 18.5. The lowest BCUT2D eigenvalue weighted by Crippen LogP contribution is -2.32. The first kappa shape index (κ1) is 18.4. The molecular formula is C20H22ClN3O2. The van der Waals surface area contributed by atoms with Gasteiger partial charge in [0.25, 0.3) is 11.8 Å². The van der Waals surface area contributed by atoms with E-state index in [0.717, 1.165) is 44.3 Å². The summed E-state index contributed by atoms with van der Waals surface area (Å²) in [6, 6.07) is 8.50. The lowest BCUT2D eigenvalue weighted by atomic mass is 10.1. The predicted octanol–water partition coefficient (Wildman–Crippen LogP) is 4.31. The minimum Gasteiger partial charge on any atom is -0.337 e. The van der Waals surface area contributed by atoms with Crippen LogP contribution >= 0.6 is 11.6 Å². The van der Waals surface area contributed by atoms with Gasteiger partial charge in [0.15, 0.2) is 0 Å². The van der Waals surface area contributed by atoms with Gasteiger partial charge in [0.1, 0.15) is 5.69 Å².